The van der Waals surface area contributed by atoms with E-state index < -0.39 is 0 Å². The van der Waals surface area contributed by atoms with Crippen LogP contribution in [0.2, 0.25) is 0 Å². The second-order valence-corrected chi connectivity index (χ2v) is 17.9. The van der Waals surface area contributed by atoms with Crippen molar-refractivity contribution >= 4 is 5.97 Å². The average molecular weight is 785 g/mol. The van der Waals surface area contributed by atoms with Gasteiger partial charge in [-0.2, -0.15) is 0 Å². The lowest BCUT2D eigenvalue weighted by Gasteiger charge is -2.05. The topological polar surface area (TPSA) is 26.3 Å². The maximum absolute atomic E-state index is 11.9. The average Bonchev–Trinajstić information content (AvgIpc) is 3.20. The van der Waals surface area contributed by atoms with Crippen LogP contribution in [0.5, 0.6) is 0 Å². The fourth-order valence-corrected chi connectivity index (χ4v) is 8.29. The maximum atomic E-state index is 11.9. The van der Waals surface area contributed by atoms with Crippen LogP contribution >= 0.6 is 0 Å². The Balaban J connectivity index is 3.20. The van der Waals surface area contributed by atoms with Crippen LogP contribution in [0, 0.1) is 0 Å². The van der Waals surface area contributed by atoms with Crippen molar-refractivity contribution in [3.05, 3.63) is 24.3 Å². The molecule has 0 aliphatic heterocycles. The summed E-state index contributed by atoms with van der Waals surface area (Å²) in [5, 5.41) is 0. The first-order valence-corrected chi connectivity index (χ1v) is 26.3. The minimum Gasteiger partial charge on any atom is -0.463 e. The highest BCUT2D eigenvalue weighted by Gasteiger charge is 1.99. The minimum atomic E-state index is -0.198. The summed E-state index contributed by atoms with van der Waals surface area (Å²) in [6, 6.07) is 0. The number of rotatable bonds is 49. The zero-order valence-corrected chi connectivity index (χ0v) is 38.9. The van der Waals surface area contributed by atoms with Crippen LogP contribution in [-0.2, 0) is 9.53 Å². The van der Waals surface area contributed by atoms with Gasteiger partial charge in [-0.25, -0.2) is 4.79 Å². The lowest BCUT2D eigenvalue weighted by atomic mass is 10.0. The summed E-state index contributed by atoms with van der Waals surface area (Å²) in [4.78, 5) is 11.9. The lowest BCUT2D eigenvalue weighted by molar-refractivity contribution is -0.137. The number of hydrogen-bond donors (Lipinski definition) is 0. The van der Waals surface area contributed by atoms with Crippen molar-refractivity contribution in [1.29, 1.82) is 0 Å². The molecular weight excluding hydrogens is 681 g/mol. The summed E-state index contributed by atoms with van der Waals surface area (Å²) in [5.74, 6) is -0.198. The van der Waals surface area contributed by atoms with E-state index in [2.05, 4.69) is 19.9 Å². The van der Waals surface area contributed by atoms with E-state index in [9.17, 15) is 4.79 Å². The first kappa shape index (κ1) is 55.0. The Morgan fingerprint density at radius 1 is 0.304 bits per heavy atom. The summed E-state index contributed by atoms with van der Waals surface area (Å²) >= 11 is 0. The number of carbonyl (C=O) groups excluding carboxylic acids is 1. The number of allylic oxidation sites excluding steroid dienone is 3. The number of hydrogen-bond acceptors (Lipinski definition) is 2. The molecule has 2 heteroatoms. The predicted octanol–water partition coefficient (Wildman–Crippen LogP) is 19.6. The Kier molecular flexibility index (Phi) is 51.0. The van der Waals surface area contributed by atoms with Crippen molar-refractivity contribution in [2.75, 3.05) is 6.61 Å². The zero-order valence-electron chi connectivity index (χ0n) is 38.9. The molecule has 0 atom stereocenters. The van der Waals surface area contributed by atoms with Gasteiger partial charge in [-0.05, 0) is 19.3 Å². The minimum absolute atomic E-state index is 0.198. The van der Waals surface area contributed by atoms with Gasteiger partial charge in [-0.3, -0.25) is 0 Å². The molecule has 0 amide bonds. The van der Waals surface area contributed by atoms with Crippen LogP contribution < -0.4 is 0 Å². The van der Waals surface area contributed by atoms with Crippen LogP contribution in [0.25, 0.3) is 0 Å². The molecule has 0 aliphatic rings. The molecule has 0 rings (SSSR count). The molecule has 0 N–H and O–H groups in total. The monoisotopic (exact) mass is 785 g/mol. The molecule has 0 aromatic rings. The summed E-state index contributed by atoms with van der Waals surface area (Å²) in [6.07, 6.45) is 72.4. The van der Waals surface area contributed by atoms with Crippen LogP contribution in [0.15, 0.2) is 24.3 Å². The number of unbranched alkanes of at least 4 members (excludes halogenated alkanes) is 44. The second-order valence-electron chi connectivity index (χ2n) is 17.9. The van der Waals surface area contributed by atoms with E-state index in [0.717, 1.165) is 12.8 Å². The number of ether oxygens (including phenoxy) is 1. The van der Waals surface area contributed by atoms with Crippen molar-refractivity contribution in [2.24, 2.45) is 0 Å². The third-order valence-electron chi connectivity index (χ3n) is 12.2. The largest absolute Gasteiger partial charge is 0.463 e. The normalized spacial score (nSPS) is 11.8. The van der Waals surface area contributed by atoms with E-state index in [1.54, 1.807) is 6.08 Å². The Morgan fingerprint density at radius 3 is 0.804 bits per heavy atom. The standard InChI is InChI=1S/C54H104O2/c1-3-5-7-9-11-13-15-17-19-21-22-23-24-25-26-27-28-29-30-31-32-33-34-35-37-39-41-43-45-47-49-51-53-56-54(55)52-50-48-46-44-42-40-38-36-20-18-16-14-12-10-8-6-4-2/h46,48,50,52H,3-45,47,49,51,53H2,1-2H3. The van der Waals surface area contributed by atoms with E-state index >= 15 is 0 Å². The third kappa shape index (κ3) is 51.0. The first-order chi connectivity index (χ1) is 27.8. The van der Waals surface area contributed by atoms with Gasteiger partial charge in [0.2, 0.25) is 0 Å². The van der Waals surface area contributed by atoms with Crippen LogP contribution in [0.1, 0.15) is 309 Å². The molecule has 0 unspecified atom stereocenters. The Bertz CT molecular complexity index is 768. The molecule has 0 spiro atoms. The van der Waals surface area contributed by atoms with Crippen molar-refractivity contribution in [1.82, 2.24) is 0 Å². The molecule has 0 saturated carbocycles. The Morgan fingerprint density at radius 2 is 0.536 bits per heavy atom. The first-order valence-electron chi connectivity index (χ1n) is 26.3. The molecule has 0 radical (unpaired) electrons. The molecule has 0 fully saturated rings. The highest BCUT2D eigenvalue weighted by Crippen LogP contribution is 2.17. The Labute approximate surface area is 354 Å². The van der Waals surface area contributed by atoms with Gasteiger partial charge in [-0.15, -0.1) is 0 Å². The molecule has 2 nitrogen and oxygen atoms in total. The van der Waals surface area contributed by atoms with Gasteiger partial charge in [0.25, 0.3) is 0 Å². The van der Waals surface area contributed by atoms with E-state index in [4.69, 9.17) is 4.74 Å². The summed E-state index contributed by atoms with van der Waals surface area (Å²) < 4.78 is 5.38. The summed E-state index contributed by atoms with van der Waals surface area (Å²) in [6.45, 7) is 5.16. The highest BCUT2D eigenvalue weighted by atomic mass is 16.5. The summed E-state index contributed by atoms with van der Waals surface area (Å²) in [5.41, 5.74) is 0. The Hall–Kier alpha value is -1.05. The van der Waals surface area contributed by atoms with E-state index in [0.29, 0.717) is 6.61 Å². The van der Waals surface area contributed by atoms with Crippen molar-refractivity contribution in [2.45, 2.75) is 309 Å². The van der Waals surface area contributed by atoms with Gasteiger partial charge in [-0.1, -0.05) is 308 Å². The van der Waals surface area contributed by atoms with Crippen LogP contribution in [-0.4, -0.2) is 12.6 Å². The molecule has 0 heterocycles. The van der Waals surface area contributed by atoms with E-state index in [1.165, 1.54) is 283 Å². The van der Waals surface area contributed by atoms with Gasteiger partial charge >= 0.3 is 5.97 Å². The molecule has 0 bridgehead atoms. The molecule has 0 aromatic heterocycles. The van der Waals surface area contributed by atoms with E-state index in [-0.39, 0.29) is 5.97 Å². The molecule has 0 saturated heterocycles. The predicted molar refractivity (Wildman–Crippen MR) is 253 cm³/mol. The SMILES string of the molecule is CCCCCCCCCCCCCCCC=CC=CC(=O)OCCCCCCCCCCCCCCCCCCCCCCCCCCCCCCCCCC. The maximum Gasteiger partial charge on any atom is 0.330 e. The van der Waals surface area contributed by atoms with Gasteiger partial charge in [0.15, 0.2) is 0 Å². The summed E-state index contributed by atoms with van der Waals surface area (Å²) in [7, 11) is 0. The quantitative estimate of drug-likeness (QED) is 0.0266. The van der Waals surface area contributed by atoms with Gasteiger partial charge in [0.05, 0.1) is 6.61 Å². The van der Waals surface area contributed by atoms with Gasteiger partial charge in [0, 0.05) is 6.08 Å². The van der Waals surface area contributed by atoms with Crippen molar-refractivity contribution in [3.8, 4) is 0 Å². The zero-order chi connectivity index (χ0) is 40.3. The fraction of sp³-hybridized carbons (Fsp3) is 0.907. The molecule has 56 heavy (non-hydrogen) atoms. The molecule has 0 aliphatic carbocycles. The molecular formula is C54H104O2. The smallest absolute Gasteiger partial charge is 0.330 e. The fourth-order valence-electron chi connectivity index (χ4n) is 8.29. The van der Waals surface area contributed by atoms with Gasteiger partial charge < -0.3 is 4.74 Å². The van der Waals surface area contributed by atoms with Crippen molar-refractivity contribution < 1.29 is 9.53 Å². The molecule has 332 valence electrons. The van der Waals surface area contributed by atoms with Crippen LogP contribution in [0.3, 0.4) is 0 Å². The third-order valence-corrected chi connectivity index (χ3v) is 12.2. The van der Waals surface area contributed by atoms with Gasteiger partial charge in [0.1, 0.15) is 0 Å². The van der Waals surface area contributed by atoms with E-state index in [1.807, 2.05) is 12.2 Å². The second kappa shape index (κ2) is 52.0. The van der Waals surface area contributed by atoms with Crippen molar-refractivity contribution in [3.63, 3.8) is 0 Å². The van der Waals surface area contributed by atoms with Crippen LogP contribution in [0.4, 0.5) is 0 Å². The molecule has 0 aromatic carbocycles. The number of esters is 1. The lowest BCUT2D eigenvalue weighted by Crippen LogP contribution is -2.02. The number of carbonyl (C=O) groups is 1. The highest BCUT2D eigenvalue weighted by molar-refractivity contribution is 5.82.